The molecule has 47 heavy (non-hydrogen) atoms. The molecule has 0 aliphatic carbocycles. The quantitative estimate of drug-likeness (QED) is 0.173. The van der Waals surface area contributed by atoms with Gasteiger partial charge in [0, 0.05) is 36.8 Å². The van der Waals surface area contributed by atoms with Crippen LogP contribution in [0, 0.1) is 5.82 Å². The van der Waals surface area contributed by atoms with Crippen LogP contribution in [0.15, 0.2) is 72.9 Å². The van der Waals surface area contributed by atoms with Gasteiger partial charge >= 0.3 is 24.4 Å². The average molecular weight is 704 g/mol. The molecule has 3 N–H and O–H groups in total. The van der Waals surface area contributed by atoms with E-state index in [1.807, 2.05) is 0 Å². The Hall–Kier alpha value is -5.09. The highest BCUT2D eigenvalue weighted by molar-refractivity contribution is 6.32. The van der Waals surface area contributed by atoms with Crippen LogP contribution in [0.3, 0.4) is 0 Å². The van der Waals surface area contributed by atoms with Gasteiger partial charge in [-0.05, 0) is 54.6 Å². The topological polar surface area (TPSA) is 113 Å². The lowest BCUT2D eigenvalue weighted by Gasteiger charge is -2.17. The lowest BCUT2D eigenvalue weighted by Crippen LogP contribution is -2.37. The molecule has 3 aromatic carbocycles. The van der Waals surface area contributed by atoms with E-state index >= 15 is 0 Å². The monoisotopic (exact) mass is 703 g/mol. The average Bonchev–Trinajstić information content (AvgIpc) is 2.98. The van der Waals surface area contributed by atoms with Crippen LogP contribution < -0.4 is 20.7 Å². The SMILES string of the molecule is CN(C(=O)Nc1ccc(Cl)c(C(F)(F)F)c1)C(=O)c1cc(Oc2ccc(NC(=O)Nc3ccc(Cl)c(C(F)(F)F)c3)c(F)c2)ccn1. The molecule has 0 spiro atoms. The molecule has 0 saturated heterocycles. The van der Waals surface area contributed by atoms with E-state index in [2.05, 4.69) is 20.9 Å². The van der Waals surface area contributed by atoms with Gasteiger partial charge in [-0.25, -0.2) is 14.0 Å². The summed E-state index contributed by atoms with van der Waals surface area (Å²) in [5, 5.41) is 5.28. The van der Waals surface area contributed by atoms with Gasteiger partial charge in [-0.2, -0.15) is 26.3 Å². The molecule has 1 aromatic heterocycles. The molecule has 0 atom stereocenters. The third-order valence-electron chi connectivity index (χ3n) is 6.04. The molecule has 4 aromatic rings. The number of anilines is 3. The van der Waals surface area contributed by atoms with Crippen LogP contribution in [-0.2, 0) is 12.4 Å². The van der Waals surface area contributed by atoms with Crippen molar-refractivity contribution in [2.24, 2.45) is 0 Å². The standard InChI is InChI=1S/C29H18Cl2F7N5O4/c1-43(27(46)41-15-3-6-21(31)19(11-15)29(36,37)38)25(44)24-13-17(8-9-39-24)47-16-4-7-23(22(32)12-16)42-26(45)40-14-2-5-20(30)18(10-14)28(33,34)35/h2-13H,1H3,(H,41,46)(H2,40,42,45). The molecule has 0 saturated carbocycles. The Morgan fingerprint density at radius 3 is 1.85 bits per heavy atom. The number of amides is 5. The fourth-order valence-electron chi connectivity index (χ4n) is 3.78. The van der Waals surface area contributed by atoms with Gasteiger partial charge in [0.15, 0.2) is 0 Å². The van der Waals surface area contributed by atoms with Crippen LogP contribution in [0.5, 0.6) is 11.5 Å². The predicted octanol–water partition coefficient (Wildman–Crippen LogP) is 9.31. The van der Waals surface area contributed by atoms with Crippen molar-refractivity contribution in [3.8, 4) is 11.5 Å². The van der Waals surface area contributed by atoms with Crippen molar-refractivity contribution < 1.29 is 49.9 Å². The van der Waals surface area contributed by atoms with Gasteiger partial charge in [-0.1, -0.05) is 23.2 Å². The van der Waals surface area contributed by atoms with Crippen LogP contribution in [0.25, 0.3) is 0 Å². The molecular formula is C29H18Cl2F7N5O4. The number of carbonyl (C=O) groups excluding carboxylic acids is 3. The van der Waals surface area contributed by atoms with E-state index in [-0.39, 0.29) is 34.3 Å². The second-order valence-corrected chi connectivity index (χ2v) is 10.2. The smallest absolute Gasteiger partial charge is 0.417 e. The fraction of sp³-hybridized carbons (Fsp3) is 0.103. The van der Waals surface area contributed by atoms with Crippen LogP contribution in [0.1, 0.15) is 21.6 Å². The largest absolute Gasteiger partial charge is 0.457 e. The van der Waals surface area contributed by atoms with Crippen molar-refractivity contribution in [3.05, 3.63) is 106 Å². The fourth-order valence-corrected chi connectivity index (χ4v) is 4.23. The lowest BCUT2D eigenvalue weighted by molar-refractivity contribution is -0.138. The second-order valence-electron chi connectivity index (χ2n) is 9.38. The van der Waals surface area contributed by atoms with E-state index in [9.17, 15) is 45.1 Å². The number of pyridine rings is 1. The highest BCUT2D eigenvalue weighted by Gasteiger charge is 2.34. The van der Waals surface area contributed by atoms with Crippen LogP contribution in [0.4, 0.5) is 57.4 Å². The zero-order valence-electron chi connectivity index (χ0n) is 23.4. The first-order valence-corrected chi connectivity index (χ1v) is 13.5. The Bertz CT molecular complexity index is 1850. The number of hydrogen-bond donors (Lipinski definition) is 3. The first kappa shape index (κ1) is 34.8. The van der Waals surface area contributed by atoms with Gasteiger partial charge in [-0.3, -0.25) is 14.7 Å². The van der Waals surface area contributed by atoms with Gasteiger partial charge < -0.3 is 20.7 Å². The minimum Gasteiger partial charge on any atom is -0.457 e. The summed E-state index contributed by atoms with van der Waals surface area (Å²) < 4.78 is 98.9. The first-order valence-electron chi connectivity index (χ1n) is 12.8. The normalized spacial score (nSPS) is 11.4. The minimum absolute atomic E-state index is 0.0364. The molecule has 0 bridgehead atoms. The Kier molecular flexibility index (Phi) is 10.2. The molecule has 18 heteroatoms. The van der Waals surface area contributed by atoms with Gasteiger partial charge in [-0.15, -0.1) is 0 Å². The molecule has 1 heterocycles. The van der Waals surface area contributed by atoms with Crippen LogP contribution in [0.2, 0.25) is 10.0 Å². The predicted molar refractivity (Wildman–Crippen MR) is 157 cm³/mol. The Labute approximate surface area is 270 Å². The Morgan fingerprint density at radius 2 is 1.30 bits per heavy atom. The van der Waals surface area contributed by atoms with E-state index < -0.39 is 57.3 Å². The molecule has 0 aliphatic heterocycles. The van der Waals surface area contributed by atoms with E-state index in [1.165, 1.54) is 12.1 Å². The molecule has 4 rings (SSSR count). The number of carbonyl (C=O) groups is 3. The Balaban J connectivity index is 1.39. The van der Waals surface area contributed by atoms with Gasteiger partial charge in [0.1, 0.15) is 23.0 Å². The first-order chi connectivity index (χ1) is 21.9. The molecule has 9 nitrogen and oxygen atoms in total. The van der Waals surface area contributed by atoms with Crippen molar-refractivity contribution >= 4 is 58.2 Å². The number of halogens is 9. The third-order valence-corrected chi connectivity index (χ3v) is 6.70. The molecule has 246 valence electrons. The highest BCUT2D eigenvalue weighted by atomic mass is 35.5. The zero-order chi connectivity index (χ0) is 34.7. The molecule has 0 aliphatic rings. The number of ether oxygens (including phenoxy) is 1. The minimum atomic E-state index is -4.79. The second kappa shape index (κ2) is 13.7. The summed E-state index contributed by atoms with van der Waals surface area (Å²) in [6.45, 7) is 0. The van der Waals surface area contributed by atoms with Crippen LogP contribution >= 0.6 is 23.2 Å². The summed E-state index contributed by atoms with van der Waals surface area (Å²) in [5.74, 6) is -2.12. The summed E-state index contributed by atoms with van der Waals surface area (Å²) in [7, 11) is 1.05. The van der Waals surface area contributed by atoms with Gasteiger partial charge in [0.05, 0.1) is 26.9 Å². The maximum absolute atomic E-state index is 14.7. The molecule has 0 radical (unpaired) electrons. The Morgan fingerprint density at radius 1 is 0.745 bits per heavy atom. The summed E-state index contributed by atoms with van der Waals surface area (Å²) in [6.07, 6.45) is -8.42. The number of hydrogen-bond acceptors (Lipinski definition) is 5. The van der Waals surface area contributed by atoms with Crippen molar-refractivity contribution in [1.82, 2.24) is 9.88 Å². The van der Waals surface area contributed by atoms with Crippen LogP contribution in [-0.4, -0.2) is 34.9 Å². The van der Waals surface area contributed by atoms with Crippen molar-refractivity contribution in [1.29, 1.82) is 0 Å². The number of alkyl halides is 6. The summed E-state index contributed by atoms with van der Waals surface area (Å²) >= 11 is 11.1. The van der Waals surface area contributed by atoms with E-state index in [0.29, 0.717) is 17.0 Å². The lowest BCUT2D eigenvalue weighted by atomic mass is 10.2. The number of benzene rings is 3. The number of urea groups is 2. The van der Waals surface area contributed by atoms with Crippen molar-refractivity contribution in [2.75, 3.05) is 23.0 Å². The van der Waals surface area contributed by atoms with E-state index in [1.54, 1.807) is 0 Å². The summed E-state index contributed by atoms with van der Waals surface area (Å²) in [6, 6.07) is 8.75. The van der Waals surface area contributed by atoms with Gasteiger partial charge in [0.2, 0.25) is 0 Å². The highest BCUT2D eigenvalue weighted by Crippen LogP contribution is 2.37. The number of aromatic nitrogens is 1. The van der Waals surface area contributed by atoms with Gasteiger partial charge in [0.25, 0.3) is 5.91 Å². The number of nitrogens with zero attached hydrogens (tertiary/aromatic N) is 2. The molecular weight excluding hydrogens is 686 g/mol. The van der Waals surface area contributed by atoms with Crippen molar-refractivity contribution in [3.63, 3.8) is 0 Å². The molecule has 0 unspecified atom stereocenters. The molecule has 5 amide bonds. The van der Waals surface area contributed by atoms with Crippen molar-refractivity contribution in [2.45, 2.75) is 12.4 Å². The summed E-state index contributed by atoms with van der Waals surface area (Å²) in [5.41, 5.74) is -3.59. The maximum Gasteiger partial charge on any atom is 0.417 e. The number of nitrogens with one attached hydrogen (secondary N) is 3. The number of rotatable bonds is 6. The zero-order valence-corrected chi connectivity index (χ0v) is 24.9. The van der Waals surface area contributed by atoms with E-state index in [4.69, 9.17) is 27.9 Å². The third kappa shape index (κ3) is 8.80. The summed E-state index contributed by atoms with van der Waals surface area (Å²) in [4.78, 5) is 42.1. The molecule has 0 fully saturated rings. The maximum atomic E-state index is 14.7. The van der Waals surface area contributed by atoms with E-state index in [0.717, 1.165) is 55.7 Å². The number of imide groups is 1.